The van der Waals surface area contributed by atoms with Crippen LogP contribution in [0.2, 0.25) is 5.02 Å². The van der Waals surface area contributed by atoms with Crippen LogP contribution < -0.4 is 5.56 Å². The molecule has 11 heteroatoms. The van der Waals surface area contributed by atoms with Gasteiger partial charge in [-0.25, -0.2) is 18.4 Å². The Balaban J connectivity index is 1.44. The van der Waals surface area contributed by atoms with E-state index < -0.39 is 23.1 Å². The Morgan fingerprint density at radius 3 is 2.82 bits per heavy atom. The third kappa shape index (κ3) is 4.16. The average molecular weight is 485 g/mol. The highest BCUT2D eigenvalue weighted by Crippen LogP contribution is 2.26. The van der Waals surface area contributed by atoms with Gasteiger partial charge in [0.05, 0.1) is 12.1 Å². The molecule has 8 nitrogen and oxygen atoms in total. The van der Waals surface area contributed by atoms with Gasteiger partial charge in [-0.05, 0) is 36.6 Å². The van der Waals surface area contributed by atoms with Crippen LogP contribution in [0.25, 0.3) is 11.2 Å². The van der Waals surface area contributed by atoms with E-state index in [1.807, 2.05) is 18.2 Å². The van der Waals surface area contributed by atoms with E-state index in [0.29, 0.717) is 41.9 Å². The molecule has 3 heterocycles. The van der Waals surface area contributed by atoms with Crippen LogP contribution in [0.4, 0.5) is 8.78 Å². The number of carbonyl (C=O) groups excluding carboxylic acids is 1. The Morgan fingerprint density at radius 1 is 1.21 bits per heavy atom. The zero-order valence-corrected chi connectivity index (χ0v) is 18.6. The number of benzene rings is 2. The number of hydrogen-bond donors (Lipinski definition) is 1. The van der Waals surface area contributed by atoms with E-state index in [4.69, 9.17) is 11.6 Å². The zero-order valence-electron chi connectivity index (χ0n) is 17.8. The first-order valence-electron chi connectivity index (χ1n) is 10.7. The zero-order chi connectivity index (χ0) is 23.8. The van der Waals surface area contributed by atoms with Crippen molar-refractivity contribution >= 4 is 28.7 Å². The molecule has 0 bridgehead atoms. The van der Waals surface area contributed by atoms with Crippen molar-refractivity contribution in [2.45, 2.75) is 25.3 Å². The molecule has 0 saturated carbocycles. The molecule has 4 aromatic rings. The number of likely N-dealkylation sites (tertiary alicyclic amines) is 1. The highest BCUT2D eigenvalue weighted by atomic mass is 35.5. The highest BCUT2D eigenvalue weighted by molar-refractivity contribution is 6.31. The molecule has 0 aliphatic carbocycles. The second kappa shape index (κ2) is 8.94. The summed E-state index contributed by atoms with van der Waals surface area (Å²) in [5.74, 6) is -2.06. The third-order valence-electron chi connectivity index (χ3n) is 5.93. The highest BCUT2D eigenvalue weighted by Gasteiger charge is 2.29. The SMILES string of the molecule is O=C(c1ccc(F)cc1F)N1CCCC(c2nc3c(nnn3Cc3ccccc3Cl)c(=O)[nH]2)C1. The predicted octanol–water partition coefficient (Wildman–Crippen LogP) is 3.51. The first-order chi connectivity index (χ1) is 16.4. The van der Waals surface area contributed by atoms with Crippen LogP contribution in [-0.4, -0.2) is 48.9 Å². The normalized spacial score (nSPS) is 16.2. The van der Waals surface area contributed by atoms with Gasteiger partial charge in [0.2, 0.25) is 0 Å². The largest absolute Gasteiger partial charge is 0.338 e. The Labute approximate surface area is 197 Å². The van der Waals surface area contributed by atoms with Crippen LogP contribution in [0.15, 0.2) is 47.3 Å². The number of nitrogens with zero attached hydrogens (tertiary/aromatic N) is 5. The number of nitrogens with one attached hydrogen (secondary N) is 1. The summed E-state index contributed by atoms with van der Waals surface area (Å²) in [5.41, 5.74) is 0.592. The number of aromatic amines is 1. The summed E-state index contributed by atoms with van der Waals surface area (Å²) in [7, 11) is 0. The lowest BCUT2D eigenvalue weighted by molar-refractivity contribution is 0.0699. The molecular weight excluding hydrogens is 466 g/mol. The number of fused-ring (bicyclic) bond motifs is 1. The van der Waals surface area contributed by atoms with E-state index >= 15 is 0 Å². The second-order valence-electron chi connectivity index (χ2n) is 8.18. The van der Waals surface area contributed by atoms with E-state index in [9.17, 15) is 18.4 Å². The van der Waals surface area contributed by atoms with Gasteiger partial charge < -0.3 is 9.88 Å². The maximum atomic E-state index is 14.1. The monoisotopic (exact) mass is 484 g/mol. The summed E-state index contributed by atoms with van der Waals surface area (Å²) in [5, 5.41) is 8.58. The van der Waals surface area contributed by atoms with Gasteiger partial charge in [0, 0.05) is 30.1 Å². The fourth-order valence-corrected chi connectivity index (χ4v) is 4.38. The maximum Gasteiger partial charge on any atom is 0.281 e. The summed E-state index contributed by atoms with van der Waals surface area (Å²) >= 11 is 6.26. The number of aromatic nitrogens is 5. The maximum absolute atomic E-state index is 14.1. The molecule has 1 amide bonds. The van der Waals surface area contributed by atoms with Crippen molar-refractivity contribution in [2.75, 3.05) is 13.1 Å². The number of carbonyl (C=O) groups is 1. The summed E-state index contributed by atoms with van der Waals surface area (Å²) in [6.45, 7) is 0.936. The number of hydrogen-bond acceptors (Lipinski definition) is 5. The second-order valence-corrected chi connectivity index (χ2v) is 8.58. The van der Waals surface area contributed by atoms with Gasteiger partial charge in [-0.3, -0.25) is 9.59 Å². The summed E-state index contributed by atoms with van der Waals surface area (Å²) < 4.78 is 28.9. The summed E-state index contributed by atoms with van der Waals surface area (Å²) in [6.07, 6.45) is 1.31. The molecule has 1 aliphatic rings. The first-order valence-corrected chi connectivity index (χ1v) is 11.1. The van der Waals surface area contributed by atoms with Gasteiger partial charge in [0.1, 0.15) is 17.5 Å². The number of halogens is 3. The molecule has 1 N–H and O–H groups in total. The molecular formula is C23H19ClF2N6O2. The molecule has 2 aromatic heterocycles. The van der Waals surface area contributed by atoms with Crippen LogP contribution in [0.1, 0.15) is 40.5 Å². The fraction of sp³-hybridized carbons (Fsp3) is 0.261. The molecule has 1 aliphatic heterocycles. The predicted molar refractivity (Wildman–Crippen MR) is 121 cm³/mol. The van der Waals surface area contributed by atoms with Crippen molar-refractivity contribution in [3.8, 4) is 0 Å². The minimum absolute atomic E-state index is 0.105. The Bertz CT molecular complexity index is 1450. The van der Waals surface area contributed by atoms with Crippen molar-refractivity contribution in [1.29, 1.82) is 0 Å². The van der Waals surface area contributed by atoms with E-state index in [1.54, 1.807) is 6.07 Å². The Kier molecular flexibility index (Phi) is 5.82. The standard InChI is InChI=1S/C23H19ClF2N6O2/c24-17-6-2-1-4-13(17)12-32-21-19(29-30-32)22(33)28-20(27-21)14-5-3-9-31(11-14)23(34)16-8-7-15(25)10-18(16)26/h1-2,4,6-8,10,14H,3,5,9,11-12H2,(H,27,28,33). The molecule has 0 spiro atoms. The van der Waals surface area contributed by atoms with Crippen molar-refractivity contribution in [3.05, 3.63) is 86.4 Å². The van der Waals surface area contributed by atoms with Gasteiger partial charge >= 0.3 is 0 Å². The van der Waals surface area contributed by atoms with Gasteiger partial charge in [-0.15, -0.1) is 5.10 Å². The average Bonchev–Trinajstić information content (AvgIpc) is 3.23. The van der Waals surface area contributed by atoms with Crippen LogP contribution in [0.5, 0.6) is 0 Å². The number of H-pyrrole nitrogens is 1. The molecule has 1 saturated heterocycles. The molecule has 2 aromatic carbocycles. The number of amides is 1. The lowest BCUT2D eigenvalue weighted by atomic mass is 9.96. The molecule has 1 unspecified atom stereocenters. The van der Waals surface area contributed by atoms with Gasteiger partial charge in [0.15, 0.2) is 11.2 Å². The topological polar surface area (TPSA) is 96.8 Å². The van der Waals surface area contributed by atoms with Crippen LogP contribution in [0.3, 0.4) is 0 Å². The number of rotatable bonds is 4. The van der Waals surface area contributed by atoms with E-state index in [0.717, 1.165) is 17.7 Å². The van der Waals surface area contributed by atoms with Crippen LogP contribution in [0, 0.1) is 11.6 Å². The first kappa shape index (κ1) is 22.1. The number of piperidine rings is 1. The van der Waals surface area contributed by atoms with Crippen LogP contribution >= 0.6 is 11.6 Å². The van der Waals surface area contributed by atoms with Crippen molar-refractivity contribution in [2.24, 2.45) is 0 Å². The minimum atomic E-state index is -0.908. The van der Waals surface area contributed by atoms with Gasteiger partial charge in [0.25, 0.3) is 11.5 Å². The van der Waals surface area contributed by atoms with Crippen LogP contribution in [-0.2, 0) is 6.54 Å². The van der Waals surface area contributed by atoms with Crippen molar-refractivity contribution in [3.63, 3.8) is 0 Å². The molecule has 1 atom stereocenters. The summed E-state index contributed by atoms with van der Waals surface area (Å²) in [4.78, 5) is 34.4. The third-order valence-corrected chi connectivity index (χ3v) is 6.30. The molecule has 5 rings (SSSR count). The molecule has 0 radical (unpaired) electrons. The quantitative estimate of drug-likeness (QED) is 0.478. The lowest BCUT2D eigenvalue weighted by Crippen LogP contribution is -2.40. The molecule has 34 heavy (non-hydrogen) atoms. The Hall–Kier alpha value is -3.66. The molecule has 174 valence electrons. The summed E-state index contributed by atoms with van der Waals surface area (Å²) in [6, 6.07) is 10.2. The van der Waals surface area contributed by atoms with Gasteiger partial charge in [-0.1, -0.05) is 35.0 Å². The lowest BCUT2D eigenvalue weighted by Gasteiger charge is -2.32. The smallest absolute Gasteiger partial charge is 0.281 e. The van der Waals surface area contributed by atoms with E-state index in [2.05, 4.69) is 20.3 Å². The van der Waals surface area contributed by atoms with Gasteiger partial charge in [-0.2, -0.15) is 0 Å². The van der Waals surface area contributed by atoms with E-state index in [1.165, 1.54) is 9.58 Å². The van der Waals surface area contributed by atoms with E-state index in [-0.39, 0.29) is 30.1 Å². The fourth-order valence-electron chi connectivity index (χ4n) is 4.19. The van der Waals surface area contributed by atoms with Crippen molar-refractivity contribution < 1.29 is 13.6 Å². The van der Waals surface area contributed by atoms with Crippen molar-refractivity contribution in [1.82, 2.24) is 29.9 Å². The Morgan fingerprint density at radius 2 is 2.03 bits per heavy atom. The molecule has 1 fully saturated rings. The minimum Gasteiger partial charge on any atom is -0.338 e.